The van der Waals surface area contributed by atoms with Gasteiger partial charge in [0.05, 0.1) is 30.1 Å². The van der Waals surface area contributed by atoms with E-state index in [1.165, 1.54) is 15.8 Å². The predicted octanol–water partition coefficient (Wildman–Crippen LogP) is 5.33. The van der Waals surface area contributed by atoms with Gasteiger partial charge in [0.15, 0.2) is 5.69 Å². The van der Waals surface area contributed by atoms with E-state index < -0.39 is 11.9 Å². The molecule has 6 heterocycles. The quantitative estimate of drug-likeness (QED) is 0.325. The molecule has 1 spiro atoms. The number of nitrogens with zero attached hydrogens (tertiary/aromatic N) is 8. The highest BCUT2D eigenvalue weighted by molar-refractivity contribution is 5.76. The molecule has 9 nitrogen and oxygen atoms in total. The Morgan fingerprint density at radius 2 is 1.83 bits per heavy atom. The van der Waals surface area contributed by atoms with Gasteiger partial charge in [0.2, 0.25) is 5.88 Å². The van der Waals surface area contributed by atoms with E-state index >= 15 is 0 Å². The molecular formula is C29H29F3N8O. The van der Waals surface area contributed by atoms with E-state index in [-0.39, 0.29) is 23.3 Å². The van der Waals surface area contributed by atoms with Gasteiger partial charge in [0.25, 0.3) is 0 Å². The minimum Gasteiger partial charge on any atom is -0.480 e. The molecule has 3 fully saturated rings. The maximum atomic E-state index is 13.3. The molecule has 0 radical (unpaired) electrons. The number of anilines is 1. The number of ether oxygens (including phenoxy) is 1. The van der Waals surface area contributed by atoms with Crippen LogP contribution in [-0.2, 0) is 25.7 Å². The highest BCUT2D eigenvalue weighted by Crippen LogP contribution is 2.65. The number of halogens is 3. The van der Waals surface area contributed by atoms with Crippen molar-refractivity contribution < 1.29 is 17.9 Å². The van der Waals surface area contributed by atoms with Gasteiger partial charge in [-0.15, -0.1) is 0 Å². The van der Waals surface area contributed by atoms with Crippen molar-refractivity contribution in [1.29, 1.82) is 0 Å². The van der Waals surface area contributed by atoms with Crippen molar-refractivity contribution in [1.82, 2.24) is 34.3 Å². The number of fused-ring (bicyclic) bond motifs is 6. The van der Waals surface area contributed by atoms with Gasteiger partial charge in [-0.2, -0.15) is 18.3 Å². The van der Waals surface area contributed by atoms with Gasteiger partial charge >= 0.3 is 6.18 Å². The van der Waals surface area contributed by atoms with Crippen LogP contribution >= 0.6 is 0 Å². The highest BCUT2D eigenvalue weighted by Gasteiger charge is 2.63. The third-order valence-corrected chi connectivity index (χ3v) is 9.37. The molecule has 2 saturated carbocycles. The zero-order valence-electron chi connectivity index (χ0n) is 23.0. The first-order valence-electron chi connectivity index (χ1n) is 14.0. The summed E-state index contributed by atoms with van der Waals surface area (Å²) in [7, 11) is 5.25. The van der Waals surface area contributed by atoms with Crippen LogP contribution < -0.4 is 9.64 Å². The van der Waals surface area contributed by atoms with Crippen LogP contribution in [-0.4, -0.2) is 47.4 Å². The summed E-state index contributed by atoms with van der Waals surface area (Å²) in [6, 6.07) is 4.08. The van der Waals surface area contributed by atoms with E-state index in [9.17, 15) is 13.2 Å². The van der Waals surface area contributed by atoms with Crippen LogP contribution in [0.3, 0.4) is 0 Å². The number of aromatic nitrogens is 7. The van der Waals surface area contributed by atoms with Crippen molar-refractivity contribution in [3.05, 3.63) is 53.5 Å². The molecule has 2 aliphatic carbocycles. The van der Waals surface area contributed by atoms with Crippen molar-refractivity contribution >= 4 is 5.82 Å². The van der Waals surface area contributed by atoms with E-state index in [1.54, 1.807) is 26.7 Å². The van der Waals surface area contributed by atoms with Gasteiger partial charge < -0.3 is 14.2 Å². The molecule has 2 aliphatic heterocycles. The van der Waals surface area contributed by atoms with Gasteiger partial charge in [-0.3, -0.25) is 4.68 Å². The van der Waals surface area contributed by atoms with Crippen molar-refractivity contribution in [2.75, 3.05) is 12.0 Å². The molecule has 2 unspecified atom stereocenters. The molecule has 0 N–H and O–H groups in total. The van der Waals surface area contributed by atoms with E-state index in [1.807, 2.05) is 19.2 Å². The molecule has 0 amide bonds. The van der Waals surface area contributed by atoms with Crippen molar-refractivity contribution in [2.45, 2.75) is 68.1 Å². The van der Waals surface area contributed by atoms with Crippen LogP contribution in [0.2, 0.25) is 0 Å². The number of alkyl halides is 3. The van der Waals surface area contributed by atoms with Crippen molar-refractivity contribution in [2.24, 2.45) is 14.1 Å². The average Bonchev–Trinajstić information content (AvgIpc) is 3.85. The van der Waals surface area contributed by atoms with Crippen molar-refractivity contribution in [3.8, 4) is 28.5 Å². The Bertz CT molecular complexity index is 1680. The summed E-state index contributed by atoms with van der Waals surface area (Å²) in [4.78, 5) is 20.2. The van der Waals surface area contributed by atoms with Gasteiger partial charge in [-0.25, -0.2) is 19.9 Å². The summed E-state index contributed by atoms with van der Waals surface area (Å²) < 4.78 is 49.0. The topological polar surface area (TPSA) is 86.8 Å². The summed E-state index contributed by atoms with van der Waals surface area (Å²) in [5.41, 5.74) is 4.93. The summed E-state index contributed by atoms with van der Waals surface area (Å²) in [6.45, 7) is 0. The zero-order valence-corrected chi connectivity index (χ0v) is 23.0. The van der Waals surface area contributed by atoms with Crippen LogP contribution in [0.5, 0.6) is 5.88 Å². The molecule has 0 aromatic carbocycles. The average molecular weight is 563 g/mol. The molecular weight excluding hydrogens is 533 g/mol. The van der Waals surface area contributed by atoms with E-state index in [2.05, 4.69) is 19.5 Å². The Balaban J connectivity index is 1.23. The number of rotatable bonds is 5. The Morgan fingerprint density at radius 3 is 2.46 bits per heavy atom. The predicted molar refractivity (Wildman–Crippen MR) is 143 cm³/mol. The molecule has 12 heteroatoms. The molecule has 4 aliphatic rings. The fourth-order valence-corrected chi connectivity index (χ4v) is 7.42. The molecule has 2 bridgehead atoms. The normalized spacial score (nSPS) is 22.3. The third-order valence-electron chi connectivity index (χ3n) is 9.37. The second-order valence-corrected chi connectivity index (χ2v) is 11.8. The molecule has 4 aromatic rings. The number of hydrogen-bond donors (Lipinski definition) is 0. The number of aryl methyl sites for hydroxylation is 2. The van der Waals surface area contributed by atoms with Gasteiger partial charge in [0.1, 0.15) is 23.7 Å². The Morgan fingerprint density at radius 1 is 1.02 bits per heavy atom. The second kappa shape index (κ2) is 8.29. The smallest absolute Gasteiger partial charge is 0.434 e. The molecule has 4 aromatic heterocycles. The summed E-state index contributed by atoms with van der Waals surface area (Å²) in [5.74, 6) is 1.99. The van der Waals surface area contributed by atoms with Crippen LogP contribution in [0.25, 0.3) is 22.6 Å². The molecule has 41 heavy (non-hydrogen) atoms. The molecule has 2 atom stereocenters. The number of imidazole rings is 1. The molecule has 1 saturated heterocycles. The van der Waals surface area contributed by atoms with E-state index in [4.69, 9.17) is 19.8 Å². The monoisotopic (exact) mass is 562 g/mol. The minimum absolute atomic E-state index is 0.00736. The van der Waals surface area contributed by atoms with Gasteiger partial charge in [-0.1, -0.05) is 0 Å². The highest BCUT2D eigenvalue weighted by atomic mass is 19.4. The lowest BCUT2D eigenvalue weighted by atomic mass is 9.83. The fraction of sp³-hybridized carbons (Fsp3) is 0.483. The van der Waals surface area contributed by atoms with Crippen molar-refractivity contribution in [3.63, 3.8) is 0 Å². The van der Waals surface area contributed by atoms with Gasteiger partial charge in [-0.05, 0) is 50.7 Å². The fourth-order valence-electron chi connectivity index (χ4n) is 7.42. The SMILES string of the molecule is COc1ncnc(C2CC2)c1-c1nn(C)c2c1C1CCC(N1c1ccc(-c3nc(C(F)(F)F)cn3C)cn1)C21CC1. The molecule has 212 valence electrons. The van der Waals surface area contributed by atoms with E-state index in [0.29, 0.717) is 17.4 Å². The third kappa shape index (κ3) is 3.51. The summed E-state index contributed by atoms with van der Waals surface area (Å²) in [5, 5.41) is 5.12. The maximum Gasteiger partial charge on any atom is 0.434 e. The Hall–Kier alpha value is -3.96. The standard InChI is InChI=1S/C29H29F3N8O/c1-38-13-18(29(30,31)32)36-26(38)16-6-9-20(33-12-16)40-17-7-8-19(40)28(10-11-28)25-21(17)24(37-39(25)2)22-23(15-4-5-15)34-14-35-27(22)41-3/h6,9,12-15,17,19H,4-5,7-8,10-11H2,1-3H3. The van der Waals surface area contributed by atoms with Crippen LogP contribution in [0.1, 0.15) is 73.1 Å². The Kier molecular flexibility index (Phi) is 5.02. The number of methoxy groups -OCH3 is 1. The minimum atomic E-state index is -4.50. The molecule has 8 rings (SSSR count). The summed E-state index contributed by atoms with van der Waals surface area (Å²) >= 11 is 0. The lowest BCUT2D eigenvalue weighted by Crippen LogP contribution is -2.46. The van der Waals surface area contributed by atoms with Crippen LogP contribution in [0.4, 0.5) is 19.0 Å². The largest absolute Gasteiger partial charge is 0.480 e. The first-order chi connectivity index (χ1) is 19.7. The lowest BCUT2D eigenvalue weighted by molar-refractivity contribution is -0.140. The van der Waals surface area contributed by atoms with Crippen LogP contribution in [0.15, 0.2) is 30.9 Å². The van der Waals surface area contributed by atoms with Gasteiger partial charge in [0, 0.05) is 55.0 Å². The van der Waals surface area contributed by atoms with E-state index in [0.717, 1.165) is 67.5 Å². The summed E-state index contributed by atoms with van der Waals surface area (Å²) in [6.07, 6.45) is 6.08. The lowest BCUT2D eigenvalue weighted by Gasteiger charge is -2.42. The maximum absolute atomic E-state index is 13.3. The first-order valence-corrected chi connectivity index (χ1v) is 14.0. The first kappa shape index (κ1) is 24.8. The Labute approximate surface area is 234 Å². The number of hydrogen-bond acceptors (Lipinski definition) is 7. The second-order valence-electron chi connectivity index (χ2n) is 11.8. The zero-order chi connectivity index (χ0) is 28.3. The van der Waals surface area contributed by atoms with Crippen LogP contribution in [0, 0.1) is 0 Å². The number of pyridine rings is 1.